The molecule has 22 heavy (non-hydrogen) atoms. The lowest BCUT2D eigenvalue weighted by atomic mass is 10.1. The zero-order valence-corrected chi connectivity index (χ0v) is 11.4. The summed E-state index contributed by atoms with van der Waals surface area (Å²) < 4.78 is 10.5. The maximum atomic E-state index is 12.0. The summed E-state index contributed by atoms with van der Waals surface area (Å²) in [7, 11) is 0. The summed E-state index contributed by atoms with van der Waals surface area (Å²) >= 11 is 0. The van der Waals surface area contributed by atoms with Gasteiger partial charge >= 0.3 is 0 Å². The van der Waals surface area contributed by atoms with E-state index >= 15 is 0 Å². The van der Waals surface area contributed by atoms with Crippen LogP contribution in [0.15, 0.2) is 42.5 Å². The van der Waals surface area contributed by atoms with Gasteiger partial charge in [-0.15, -0.1) is 0 Å². The minimum Gasteiger partial charge on any atom is -0.454 e. The molecule has 1 N–H and O–H groups in total. The maximum Gasteiger partial charge on any atom is 0.270 e. The number of carbonyl (C=O) groups is 1. The zero-order chi connectivity index (χ0) is 15.5. The standard InChI is InChI=1S/C15H12N2O5/c18-15(11-2-1-3-12(7-11)17(19)20)16-8-10-4-5-13-14(6-10)22-9-21-13/h1-7H,8-9H2,(H,16,18). The van der Waals surface area contributed by atoms with Gasteiger partial charge in [0.15, 0.2) is 11.5 Å². The highest BCUT2D eigenvalue weighted by Gasteiger charge is 2.14. The minimum absolute atomic E-state index is 0.115. The largest absolute Gasteiger partial charge is 0.454 e. The monoisotopic (exact) mass is 300 g/mol. The Morgan fingerprint density at radius 1 is 1.18 bits per heavy atom. The van der Waals surface area contributed by atoms with E-state index in [1.54, 1.807) is 12.1 Å². The number of ether oxygens (including phenoxy) is 2. The number of hydrogen-bond donors (Lipinski definition) is 1. The molecule has 0 aromatic heterocycles. The fourth-order valence-corrected chi connectivity index (χ4v) is 2.10. The maximum absolute atomic E-state index is 12.0. The topological polar surface area (TPSA) is 90.7 Å². The third-order valence-electron chi connectivity index (χ3n) is 3.21. The number of non-ortho nitro benzene ring substituents is 1. The second-order valence-corrected chi connectivity index (χ2v) is 4.68. The van der Waals surface area contributed by atoms with Crippen LogP contribution in [0.25, 0.3) is 0 Å². The lowest BCUT2D eigenvalue weighted by Crippen LogP contribution is -2.22. The Hall–Kier alpha value is -3.09. The highest BCUT2D eigenvalue weighted by atomic mass is 16.7. The summed E-state index contributed by atoms with van der Waals surface area (Å²) in [5.41, 5.74) is 0.980. The summed E-state index contributed by atoms with van der Waals surface area (Å²) in [5, 5.41) is 13.4. The molecule has 1 aliphatic rings. The van der Waals surface area contributed by atoms with Gasteiger partial charge in [-0.25, -0.2) is 0 Å². The average molecular weight is 300 g/mol. The van der Waals surface area contributed by atoms with Gasteiger partial charge in [0, 0.05) is 24.2 Å². The molecule has 0 atom stereocenters. The van der Waals surface area contributed by atoms with Gasteiger partial charge in [0.1, 0.15) is 0 Å². The summed E-state index contributed by atoms with van der Waals surface area (Å²) in [6, 6.07) is 11.0. The number of benzene rings is 2. The summed E-state index contributed by atoms with van der Waals surface area (Å²) in [6.45, 7) is 0.483. The van der Waals surface area contributed by atoms with Crippen molar-refractivity contribution in [1.82, 2.24) is 5.32 Å². The SMILES string of the molecule is O=C(NCc1ccc2c(c1)OCO2)c1cccc([N+](=O)[O-])c1. The van der Waals surface area contributed by atoms with Crippen LogP contribution in [0.5, 0.6) is 11.5 Å². The van der Waals surface area contributed by atoms with Crippen LogP contribution in [-0.2, 0) is 6.54 Å². The second-order valence-electron chi connectivity index (χ2n) is 4.68. The number of nitro groups is 1. The van der Waals surface area contributed by atoms with Crippen LogP contribution in [-0.4, -0.2) is 17.6 Å². The van der Waals surface area contributed by atoms with Gasteiger partial charge in [-0.2, -0.15) is 0 Å². The molecule has 1 aliphatic heterocycles. The van der Waals surface area contributed by atoms with Gasteiger partial charge < -0.3 is 14.8 Å². The molecule has 0 bridgehead atoms. The molecule has 0 radical (unpaired) electrons. The quantitative estimate of drug-likeness (QED) is 0.690. The van der Waals surface area contributed by atoms with Crippen molar-refractivity contribution in [3.63, 3.8) is 0 Å². The summed E-state index contributed by atoms with van der Waals surface area (Å²) in [4.78, 5) is 22.2. The molecule has 0 unspecified atom stereocenters. The van der Waals surface area contributed by atoms with Crippen LogP contribution in [0.1, 0.15) is 15.9 Å². The number of nitrogens with zero attached hydrogens (tertiary/aromatic N) is 1. The van der Waals surface area contributed by atoms with Crippen molar-refractivity contribution in [2.45, 2.75) is 6.54 Å². The van der Waals surface area contributed by atoms with Gasteiger partial charge in [-0.1, -0.05) is 12.1 Å². The molecular weight excluding hydrogens is 288 g/mol. The molecule has 7 heteroatoms. The Kier molecular flexibility index (Phi) is 3.61. The molecule has 112 valence electrons. The Morgan fingerprint density at radius 2 is 2.00 bits per heavy atom. The number of nitro benzene ring substituents is 1. The molecular formula is C15H12N2O5. The van der Waals surface area contributed by atoms with E-state index in [-0.39, 0.29) is 30.5 Å². The summed E-state index contributed by atoms with van der Waals surface area (Å²) in [6.07, 6.45) is 0. The number of rotatable bonds is 4. The van der Waals surface area contributed by atoms with Gasteiger partial charge in [0.05, 0.1) is 4.92 Å². The fraction of sp³-hybridized carbons (Fsp3) is 0.133. The Morgan fingerprint density at radius 3 is 2.82 bits per heavy atom. The minimum atomic E-state index is -0.533. The lowest BCUT2D eigenvalue weighted by molar-refractivity contribution is -0.384. The fourth-order valence-electron chi connectivity index (χ4n) is 2.10. The van der Waals surface area contributed by atoms with Crippen molar-refractivity contribution in [2.75, 3.05) is 6.79 Å². The van der Waals surface area contributed by atoms with Crippen LogP contribution in [0.2, 0.25) is 0 Å². The van der Waals surface area contributed by atoms with E-state index in [2.05, 4.69) is 5.32 Å². The van der Waals surface area contributed by atoms with E-state index in [9.17, 15) is 14.9 Å². The van der Waals surface area contributed by atoms with E-state index in [1.807, 2.05) is 6.07 Å². The van der Waals surface area contributed by atoms with Crippen LogP contribution in [0, 0.1) is 10.1 Å². The molecule has 0 saturated heterocycles. The van der Waals surface area contributed by atoms with Crippen molar-refractivity contribution in [3.8, 4) is 11.5 Å². The van der Waals surface area contributed by atoms with E-state index in [4.69, 9.17) is 9.47 Å². The van der Waals surface area contributed by atoms with E-state index < -0.39 is 4.92 Å². The van der Waals surface area contributed by atoms with E-state index in [0.717, 1.165) is 5.56 Å². The molecule has 2 aromatic rings. The molecule has 0 spiro atoms. The normalized spacial score (nSPS) is 12.0. The molecule has 0 fully saturated rings. The number of amides is 1. The van der Waals surface area contributed by atoms with Crippen LogP contribution >= 0.6 is 0 Å². The van der Waals surface area contributed by atoms with Gasteiger partial charge in [0.2, 0.25) is 6.79 Å². The number of fused-ring (bicyclic) bond motifs is 1. The average Bonchev–Trinajstić information content (AvgIpc) is 3.00. The first-order valence-corrected chi connectivity index (χ1v) is 6.54. The van der Waals surface area contributed by atoms with E-state index in [0.29, 0.717) is 11.5 Å². The third-order valence-corrected chi connectivity index (χ3v) is 3.21. The second kappa shape index (κ2) is 5.72. The first-order chi connectivity index (χ1) is 10.6. The van der Waals surface area contributed by atoms with Crippen LogP contribution < -0.4 is 14.8 Å². The first-order valence-electron chi connectivity index (χ1n) is 6.54. The van der Waals surface area contributed by atoms with Crippen molar-refractivity contribution in [1.29, 1.82) is 0 Å². The predicted octanol–water partition coefficient (Wildman–Crippen LogP) is 2.25. The first kappa shape index (κ1) is 13.9. The van der Waals surface area contributed by atoms with Crippen LogP contribution in [0.4, 0.5) is 5.69 Å². The molecule has 0 aliphatic carbocycles. The summed E-state index contributed by atoms with van der Waals surface area (Å²) in [5.74, 6) is 0.942. The van der Waals surface area contributed by atoms with Gasteiger partial charge in [0.25, 0.3) is 11.6 Å². The van der Waals surface area contributed by atoms with Crippen molar-refractivity contribution >= 4 is 11.6 Å². The molecule has 1 heterocycles. The zero-order valence-electron chi connectivity index (χ0n) is 11.4. The smallest absolute Gasteiger partial charge is 0.270 e. The molecule has 2 aromatic carbocycles. The highest BCUT2D eigenvalue weighted by molar-refractivity contribution is 5.94. The van der Waals surface area contributed by atoms with Crippen molar-refractivity contribution in [2.24, 2.45) is 0 Å². The molecule has 3 rings (SSSR count). The lowest BCUT2D eigenvalue weighted by Gasteiger charge is -2.06. The Labute approximate surface area is 125 Å². The molecule has 0 saturated carbocycles. The number of nitrogens with one attached hydrogen (secondary N) is 1. The molecule has 7 nitrogen and oxygen atoms in total. The Bertz CT molecular complexity index is 744. The third kappa shape index (κ3) is 2.83. The van der Waals surface area contributed by atoms with Crippen molar-refractivity contribution in [3.05, 3.63) is 63.7 Å². The Balaban J connectivity index is 1.67. The van der Waals surface area contributed by atoms with Crippen molar-refractivity contribution < 1.29 is 19.2 Å². The van der Waals surface area contributed by atoms with Crippen LogP contribution in [0.3, 0.4) is 0 Å². The van der Waals surface area contributed by atoms with Gasteiger partial charge in [-0.3, -0.25) is 14.9 Å². The predicted molar refractivity (Wildman–Crippen MR) is 76.8 cm³/mol. The molecule has 1 amide bonds. The number of carbonyl (C=O) groups excluding carboxylic acids is 1. The van der Waals surface area contributed by atoms with Gasteiger partial charge in [-0.05, 0) is 23.8 Å². The van der Waals surface area contributed by atoms with E-state index in [1.165, 1.54) is 24.3 Å². The number of hydrogen-bond acceptors (Lipinski definition) is 5. The highest BCUT2D eigenvalue weighted by Crippen LogP contribution is 2.32.